The van der Waals surface area contributed by atoms with Gasteiger partial charge in [0.15, 0.2) is 5.83 Å². The first-order valence-electron chi connectivity index (χ1n) is 11.8. The van der Waals surface area contributed by atoms with Crippen molar-refractivity contribution >= 4 is 0 Å². The van der Waals surface area contributed by atoms with Crippen molar-refractivity contribution in [1.29, 1.82) is 5.26 Å². The van der Waals surface area contributed by atoms with E-state index in [1.54, 1.807) is 6.08 Å². The summed E-state index contributed by atoms with van der Waals surface area (Å²) in [6.45, 7) is 3.23. The summed E-state index contributed by atoms with van der Waals surface area (Å²) in [6, 6.07) is 1.50. The van der Waals surface area contributed by atoms with Crippen LogP contribution < -0.4 is 0 Å². The molecule has 0 aromatic rings. The Kier molecular flexibility index (Phi) is 11.5. The van der Waals surface area contributed by atoms with E-state index in [2.05, 4.69) is 6.92 Å². The third-order valence-corrected chi connectivity index (χ3v) is 6.70. The van der Waals surface area contributed by atoms with Gasteiger partial charge in [0.25, 0.3) is 0 Å². The predicted molar refractivity (Wildman–Crippen MR) is 114 cm³/mol. The third kappa shape index (κ3) is 9.37. The highest BCUT2D eigenvalue weighted by Gasteiger charge is 2.24. The fourth-order valence-corrected chi connectivity index (χ4v) is 4.78. The average Bonchev–Trinajstić information content (AvgIpc) is 2.73. The molecule has 0 amide bonds. The van der Waals surface area contributed by atoms with E-state index in [1.807, 2.05) is 6.08 Å². The molecular weight excluding hydrogens is 349 g/mol. The zero-order valence-corrected chi connectivity index (χ0v) is 17.9. The van der Waals surface area contributed by atoms with Crippen LogP contribution in [-0.4, -0.2) is 12.7 Å². The van der Waals surface area contributed by atoms with E-state index in [9.17, 15) is 4.39 Å². The van der Waals surface area contributed by atoms with Gasteiger partial charge in [-0.3, -0.25) is 0 Å². The maximum absolute atomic E-state index is 12.8. The second-order valence-corrected chi connectivity index (χ2v) is 8.97. The van der Waals surface area contributed by atoms with E-state index in [0.717, 1.165) is 44.1 Å². The van der Waals surface area contributed by atoms with E-state index in [4.69, 9.17) is 10.00 Å². The molecule has 0 unspecified atom stereocenters. The number of nitrogens with zero attached hydrogens (tertiary/aromatic N) is 1. The molecule has 158 valence electrons. The lowest BCUT2D eigenvalue weighted by Gasteiger charge is -2.31. The highest BCUT2D eigenvalue weighted by molar-refractivity contribution is 5.19. The van der Waals surface area contributed by atoms with Gasteiger partial charge in [0.2, 0.25) is 0 Å². The molecule has 0 aromatic heterocycles. The van der Waals surface area contributed by atoms with Crippen LogP contribution in [0.2, 0.25) is 0 Å². The molecule has 0 aliphatic heterocycles. The highest BCUT2D eigenvalue weighted by Crippen LogP contribution is 2.33. The normalized spacial score (nSPS) is 29.1. The number of halogens is 1. The summed E-state index contributed by atoms with van der Waals surface area (Å²) in [5.74, 6) is 1.52. The van der Waals surface area contributed by atoms with Crippen molar-refractivity contribution in [3.63, 3.8) is 0 Å². The van der Waals surface area contributed by atoms with Gasteiger partial charge >= 0.3 is 0 Å². The van der Waals surface area contributed by atoms with E-state index in [-0.39, 0.29) is 0 Å². The van der Waals surface area contributed by atoms with Crippen LogP contribution in [0.1, 0.15) is 96.8 Å². The molecule has 3 heteroatoms. The molecule has 0 atom stereocenters. The van der Waals surface area contributed by atoms with Crippen LogP contribution >= 0.6 is 0 Å². The van der Waals surface area contributed by atoms with Gasteiger partial charge in [-0.1, -0.05) is 70.4 Å². The molecule has 2 nitrogen and oxygen atoms in total. The summed E-state index contributed by atoms with van der Waals surface area (Å²) in [5.41, 5.74) is 0. The number of hydrogen-bond acceptors (Lipinski definition) is 2. The predicted octanol–water partition coefficient (Wildman–Crippen LogP) is 7.66. The molecular formula is C25H40FNO. The number of hydrogen-bond donors (Lipinski definition) is 0. The smallest absolute Gasteiger partial charge is 0.199 e. The Labute approximate surface area is 172 Å². The van der Waals surface area contributed by atoms with E-state index in [1.165, 1.54) is 76.4 Å². The quantitative estimate of drug-likeness (QED) is 0.206. The van der Waals surface area contributed by atoms with Crippen LogP contribution in [0, 0.1) is 29.1 Å². The topological polar surface area (TPSA) is 33.0 Å². The van der Waals surface area contributed by atoms with Crippen molar-refractivity contribution in [2.45, 2.75) is 103 Å². The first-order chi connectivity index (χ1) is 13.7. The van der Waals surface area contributed by atoms with Crippen molar-refractivity contribution in [1.82, 2.24) is 0 Å². The summed E-state index contributed by atoms with van der Waals surface area (Å²) in [4.78, 5) is 0. The van der Waals surface area contributed by atoms with Crippen LogP contribution in [0.3, 0.4) is 0 Å². The lowest BCUT2D eigenvalue weighted by atomic mass is 9.80. The Morgan fingerprint density at radius 1 is 0.964 bits per heavy atom. The summed E-state index contributed by atoms with van der Waals surface area (Å²) in [5, 5.41) is 8.41. The summed E-state index contributed by atoms with van der Waals surface area (Å²) < 4.78 is 19.0. The molecule has 0 aromatic carbocycles. The van der Waals surface area contributed by atoms with Crippen LogP contribution in [0.5, 0.6) is 0 Å². The number of allylic oxidation sites excluding steroid dienone is 4. The van der Waals surface area contributed by atoms with Crippen LogP contribution in [-0.2, 0) is 4.74 Å². The van der Waals surface area contributed by atoms with Gasteiger partial charge in [0.1, 0.15) is 6.07 Å². The number of unbranched alkanes of at least 4 members (excludes halogenated alkanes) is 4. The second kappa shape index (κ2) is 13.9. The number of rotatable bonds is 11. The Balaban J connectivity index is 1.52. The molecule has 28 heavy (non-hydrogen) atoms. The summed E-state index contributed by atoms with van der Waals surface area (Å²) >= 11 is 0. The minimum absolute atomic E-state index is 0.410. The van der Waals surface area contributed by atoms with Gasteiger partial charge in [-0.25, -0.2) is 0 Å². The maximum Gasteiger partial charge on any atom is 0.199 e. The van der Waals surface area contributed by atoms with Gasteiger partial charge in [0, 0.05) is 6.61 Å². The lowest BCUT2D eigenvalue weighted by Crippen LogP contribution is -2.25. The van der Waals surface area contributed by atoms with Crippen molar-refractivity contribution in [3.8, 4) is 6.07 Å². The van der Waals surface area contributed by atoms with E-state index >= 15 is 0 Å². The SMILES string of the molecule is CCCCCCCC1CCC(COC2CCC(/C=C/C=C(\F)C#N)CC2)CC1. The number of ether oxygens (including phenoxy) is 1. The van der Waals surface area contributed by atoms with E-state index in [0.29, 0.717) is 12.0 Å². The second-order valence-electron chi connectivity index (χ2n) is 8.97. The summed E-state index contributed by atoms with van der Waals surface area (Å²) in [6.07, 6.45) is 23.8. The zero-order valence-electron chi connectivity index (χ0n) is 17.9. The van der Waals surface area contributed by atoms with Gasteiger partial charge in [-0.05, 0) is 62.4 Å². The summed E-state index contributed by atoms with van der Waals surface area (Å²) in [7, 11) is 0. The molecule has 0 saturated heterocycles. The van der Waals surface area contributed by atoms with Gasteiger partial charge in [0.05, 0.1) is 6.10 Å². The molecule has 0 radical (unpaired) electrons. The van der Waals surface area contributed by atoms with E-state index < -0.39 is 5.83 Å². The minimum atomic E-state index is -0.723. The fraction of sp³-hybridized carbons (Fsp3) is 0.800. The number of nitriles is 1. The molecule has 2 aliphatic rings. The first-order valence-corrected chi connectivity index (χ1v) is 11.8. The zero-order chi connectivity index (χ0) is 20.0. The van der Waals surface area contributed by atoms with Crippen molar-refractivity contribution in [2.75, 3.05) is 6.61 Å². The largest absolute Gasteiger partial charge is 0.378 e. The minimum Gasteiger partial charge on any atom is -0.378 e. The maximum atomic E-state index is 12.8. The standard InChI is InChI=1S/C25H40FNO/c1-2-3-4-5-6-8-21-11-13-23(14-12-21)20-28-25-17-15-22(16-18-25)9-7-10-24(26)19-27/h7,9-10,21-23,25H,2-6,8,11-18,20H2,1H3/b9-7+,24-10-. The van der Waals surface area contributed by atoms with Crippen LogP contribution in [0.25, 0.3) is 0 Å². The first kappa shape index (κ1) is 23.1. The Hall–Kier alpha value is -1.14. The molecule has 2 aliphatic carbocycles. The Bertz CT molecular complexity index is 505. The van der Waals surface area contributed by atoms with Crippen LogP contribution in [0.4, 0.5) is 4.39 Å². The van der Waals surface area contributed by atoms with Crippen LogP contribution in [0.15, 0.2) is 24.1 Å². The van der Waals surface area contributed by atoms with Gasteiger partial charge in [-0.15, -0.1) is 0 Å². The monoisotopic (exact) mass is 389 g/mol. The average molecular weight is 390 g/mol. The van der Waals surface area contributed by atoms with Crippen molar-refractivity contribution in [3.05, 3.63) is 24.1 Å². The van der Waals surface area contributed by atoms with Gasteiger partial charge < -0.3 is 4.74 Å². The Morgan fingerprint density at radius 3 is 2.32 bits per heavy atom. The fourth-order valence-electron chi connectivity index (χ4n) is 4.78. The molecule has 2 fully saturated rings. The lowest BCUT2D eigenvalue weighted by molar-refractivity contribution is -0.00664. The molecule has 0 N–H and O–H groups in total. The van der Waals surface area contributed by atoms with Gasteiger partial charge in [-0.2, -0.15) is 9.65 Å². The molecule has 2 saturated carbocycles. The molecule has 0 heterocycles. The molecule has 0 spiro atoms. The van der Waals surface area contributed by atoms with Crippen molar-refractivity contribution < 1.29 is 9.13 Å². The molecule has 2 rings (SSSR count). The highest BCUT2D eigenvalue weighted by atomic mass is 19.1. The molecule has 0 bridgehead atoms. The van der Waals surface area contributed by atoms with Crippen molar-refractivity contribution in [2.24, 2.45) is 17.8 Å². The third-order valence-electron chi connectivity index (χ3n) is 6.70. The Morgan fingerprint density at radius 2 is 1.64 bits per heavy atom.